The van der Waals surface area contributed by atoms with Gasteiger partial charge in [0.2, 0.25) is 0 Å². The highest BCUT2D eigenvalue weighted by Gasteiger charge is 2.18. The second kappa shape index (κ2) is 10.3. The highest BCUT2D eigenvalue weighted by atomic mass is 16.3. The van der Waals surface area contributed by atoms with E-state index in [9.17, 15) is 0 Å². The summed E-state index contributed by atoms with van der Waals surface area (Å²) in [6.45, 7) is 0. The van der Waals surface area contributed by atoms with E-state index in [1.165, 1.54) is 22.3 Å². The van der Waals surface area contributed by atoms with Crippen molar-refractivity contribution in [2.75, 3.05) is 4.90 Å². The summed E-state index contributed by atoms with van der Waals surface area (Å²) in [7, 11) is 0. The van der Waals surface area contributed by atoms with Crippen molar-refractivity contribution in [2.24, 2.45) is 0 Å². The summed E-state index contributed by atoms with van der Waals surface area (Å²) in [4.78, 5) is 2.31. The minimum absolute atomic E-state index is 0.819. The van der Waals surface area contributed by atoms with Crippen molar-refractivity contribution in [1.82, 2.24) is 0 Å². The van der Waals surface area contributed by atoms with Gasteiger partial charge in [-0.05, 0) is 76.9 Å². The van der Waals surface area contributed by atoms with Gasteiger partial charge in [-0.2, -0.15) is 0 Å². The monoisotopic (exact) mass is 577 g/mol. The highest BCUT2D eigenvalue weighted by molar-refractivity contribution is 6.15. The van der Waals surface area contributed by atoms with E-state index in [0.29, 0.717) is 0 Å². The third-order valence-electron chi connectivity index (χ3n) is 8.68. The molecule has 0 N–H and O–H groups in total. The van der Waals surface area contributed by atoms with Gasteiger partial charge in [0.25, 0.3) is 0 Å². The van der Waals surface area contributed by atoms with Crippen LogP contribution in [0, 0.1) is 0 Å². The molecule has 0 aliphatic rings. The minimum Gasteiger partial charge on any atom is -0.456 e. The smallest absolute Gasteiger partial charge is 0.139 e. The van der Waals surface area contributed by atoms with E-state index in [1.54, 1.807) is 0 Å². The SMILES string of the molecule is c1ccc(-c2ccc(N(c3ccc(-c4ccccc4)cc3)c3ccc4oc5cc6oc7ccccc7c6cc5c4c3)cc2)cc1. The Labute approximate surface area is 260 Å². The molecule has 0 bridgehead atoms. The van der Waals surface area contributed by atoms with E-state index in [2.05, 4.69) is 150 Å². The number of furan rings is 2. The summed E-state index contributed by atoms with van der Waals surface area (Å²) in [6, 6.07) is 57.5. The molecule has 0 spiro atoms. The van der Waals surface area contributed by atoms with Gasteiger partial charge in [-0.3, -0.25) is 0 Å². The van der Waals surface area contributed by atoms with Gasteiger partial charge in [0.05, 0.1) is 0 Å². The molecule has 7 aromatic carbocycles. The summed E-state index contributed by atoms with van der Waals surface area (Å²) in [5, 5.41) is 4.35. The van der Waals surface area contributed by atoms with E-state index < -0.39 is 0 Å². The Morgan fingerprint density at radius 2 is 0.733 bits per heavy atom. The van der Waals surface area contributed by atoms with Crippen molar-refractivity contribution in [3.05, 3.63) is 164 Å². The molecule has 0 saturated heterocycles. The Morgan fingerprint density at radius 1 is 0.289 bits per heavy atom. The summed E-state index contributed by atoms with van der Waals surface area (Å²) < 4.78 is 12.5. The zero-order valence-corrected chi connectivity index (χ0v) is 24.4. The van der Waals surface area contributed by atoms with Crippen LogP contribution in [-0.2, 0) is 0 Å². The molecule has 3 nitrogen and oxygen atoms in total. The topological polar surface area (TPSA) is 29.5 Å². The van der Waals surface area contributed by atoms with Crippen molar-refractivity contribution in [1.29, 1.82) is 0 Å². The van der Waals surface area contributed by atoms with Crippen molar-refractivity contribution < 1.29 is 8.83 Å². The molecule has 0 aliphatic carbocycles. The van der Waals surface area contributed by atoms with Crippen LogP contribution in [-0.4, -0.2) is 0 Å². The molecule has 9 aromatic rings. The van der Waals surface area contributed by atoms with Crippen LogP contribution in [0.4, 0.5) is 17.1 Å². The third kappa shape index (κ3) is 4.37. The van der Waals surface area contributed by atoms with E-state index in [-0.39, 0.29) is 0 Å². The summed E-state index contributed by atoms with van der Waals surface area (Å²) in [5.41, 5.74) is 11.4. The summed E-state index contributed by atoms with van der Waals surface area (Å²) in [5.74, 6) is 0. The summed E-state index contributed by atoms with van der Waals surface area (Å²) in [6.07, 6.45) is 0. The van der Waals surface area contributed by atoms with Crippen LogP contribution >= 0.6 is 0 Å². The molecule has 0 radical (unpaired) electrons. The molecule has 0 fully saturated rings. The van der Waals surface area contributed by atoms with Crippen LogP contribution in [0.1, 0.15) is 0 Å². The maximum atomic E-state index is 6.35. The van der Waals surface area contributed by atoms with E-state index >= 15 is 0 Å². The number of hydrogen-bond acceptors (Lipinski definition) is 3. The van der Waals surface area contributed by atoms with Crippen molar-refractivity contribution in [3.63, 3.8) is 0 Å². The van der Waals surface area contributed by atoms with E-state index in [1.807, 2.05) is 18.2 Å². The number of para-hydroxylation sites is 1. The van der Waals surface area contributed by atoms with Gasteiger partial charge in [0.1, 0.15) is 22.3 Å². The number of nitrogens with zero attached hydrogens (tertiary/aromatic N) is 1. The first kappa shape index (κ1) is 25.4. The lowest BCUT2D eigenvalue weighted by molar-refractivity contribution is 0.656. The molecule has 0 saturated carbocycles. The lowest BCUT2D eigenvalue weighted by Crippen LogP contribution is -2.09. The van der Waals surface area contributed by atoms with Crippen LogP contribution in [0.25, 0.3) is 66.1 Å². The quantitative estimate of drug-likeness (QED) is 0.204. The lowest BCUT2D eigenvalue weighted by atomic mass is 10.0. The average Bonchev–Trinajstić information content (AvgIpc) is 3.65. The second-order valence-electron chi connectivity index (χ2n) is 11.4. The Hall–Kier alpha value is -6.06. The number of anilines is 3. The molecule has 0 amide bonds. The molecule has 2 heterocycles. The normalized spacial score (nSPS) is 11.6. The Morgan fingerprint density at radius 3 is 1.33 bits per heavy atom. The van der Waals surface area contributed by atoms with Crippen LogP contribution in [0.3, 0.4) is 0 Å². The molecule has 3 heteroatoms. The number of benzene rings is 7. The predicted octanol–water partition coefficient (Wildman–Crippen LogP) is 12.3. The van der Waals surface area contributed by atoms with E-state index in [0.717, 1.165) is 60.9 Å². The molecule has 2 aromatic heterocycles. The number of rotatable bonds is 5. The first-order valence-electron chi connectivity index (χ1n) is 15.2. The lowest BCUT2D eigenvalue weighted by Gasteiger charge is -2.26. The fraction of sp³-hybridized carbons (Fsp3) is 0. The van der Waals surface area contributed by atoms with Gasteiger partial charge in [-0.15, -0.1) is 0 Å². The van der Waals surface area contributed by atoms with Crippen LogP contribution < -0.4 is 4.90 Å². The molecule has 0 unspecified atom stereocenters. The first-order chi connectivity index (χ1) is 22.3. The molecule has 9 rings (SSSR count). The fourth-order valence-corrected chi connectivity index (χ4v) is 6.44. The molecule has 0 atom stereocenters. The first-order valence-corrected chi connectivity index (χ1v) is 15.2. The van der Waals surface area contributed by atoms with Crippen molar-refractivity contribution in [3.8, 4) is 22.3 Å². The molecular weight excluding hydrogens is 550 g/mol. The fourth-order valence-electron chi connectivity index (χ4n) is 6.44. The molecule has 0 aliphatic heterocycles. The van der Waals surface area contributed by atoms with Crippen molar-refractivity contribution in [2.45, 2.75) is 0 Å². The van der Waals surface area contributed by atoms with Crippen LogP contribution in [0.5, 0.6) is 0 Å². The highest BCUT2D eigenvalue weighted by Crippen LogP contribution is 2.41. The van der Waals surface area contributed by atoms with Gasteiger partial charge in [0, 0.05) is 44.7 Å². The van der Waals surface area contributed by atoms with Crippen LogP contribution in [0.15, 0.2) is 173 Å². The van der Waals surface area contributed by atoms with Crippen LogP contribution in [0.2, 0.25) is 0 Å². The largest absolute Gasteiger partial charge is 0.456 e. The van der Waals surface area contributed by atoms with Gasteiger partial charge < -0.3 is 13.7 Å². The Kier molecular flexibility index (Phi) is 5.82. The van der Waals surface area contributed by atoms with Gasteiger partial charge in [0.15, 0.2) is 0 Å². The number of hydrogen-bond donors (Lipinski definition) is 0. The van der Waals surface area contributed by atoms with Gasteiger partial charge in [-0.25, -0.2) is 0 Å². The number of fused-ring (bicyclic) bond motifs is 6. The standard InChI is InChI=1S/C42H27NO2/c1-3-9-28(10-4-1)30-15-19-32(20-16-30)43(33-21-17-31(18-22-33)29-11-5-2-6-12-29)34-23-24-40-36(25-34)38-26-37-35-13-7-8-14-39(35)44-41(37)27-42(38)45-40/h1-27H. The van der Waals surface area contributed by atoms with Crippen molar-refractivity contribution >= 4 is 60.9 Å². The zero-order chi connectivity index (χ0) is 29.7. The van der Waals surface area contributed by atoms with Gasteiger partial charge >= 0.3 is 0 Å². The second-order valence-corrected chi connectivity index (χ2v) is 11.4. The Bertz CT molecular complexity index is 2370. The zero-order valence-electron chi connectivity index (χ0n) is 24.4. The Balaban J connectivity index is 1.20. The third-order valence-corrected chi connectivity index (χ3v) is 8.68. The van der Waals surface area contributed by atoms with Gasteiger partial charge in [-0.1, -0.05) is 103 Å². The minimum atomic E-state index is 0.819. The molecule has 45 heavy (non-hydrogen) atoms. The predicted molar refractivity (Wildman–Crippen MR) is 187 cm³/mol. The maximum absolute atomic E-state index is 6.35. The molecular formula is C42H27NO2. The average molecular weight is 578 g/mol. The molecule has 212 valence electrons. The maximum Gasteiger partial charge on any atom is 0.139 e. The summed E-state index contributed by atoms with van der Waals surface area (Å²) >= 11 is 0. The van der Waals surface area contributed by atoms with E-state index in [4.69, 9.17) is 8.83 Å².